The van der Waals surface area contributed by atoms with E-state index in [4.69, 9.17) is 14.2 Å². The highest BCUT2D eigenvalue weighted by molar-refractivity contribution is 5.74. The van der Waals surface area contributed by atoms with Crippen molar-refractivity contribution in [2.45, 2.75) is 77.7 Å². The van der Waals surface area contributed by atoms with Crippen molar-refractivity contribution in [3.05, 3.63) is 82.7 Å². The zero-order valence-corrected chi connectivity index (χ0v) is 24.4. The lowest BCUT2D eigenvalue weighted by atomic mass is 9.75. The third-order valence-electron chi connectivity index (χ3n) is 9.29. The van der Waals surface area contributed by atoms with Crippen molar-refractivity contribution < 1.29 is 23.4 Å². The largest absolute Gasteiger partial charge is 0.497 e. The molecular formula is C35H41FO4. The van der Waals surface area contributed by atoms with E-state index in [-0.39, 0.29) is 29.0 Å². The molecule has 2 unspecified atom stereocenters. The Kier molecular flexibility index (Phi) is 8.21. The number of carbonyl (C=O) groups excluding carboxylic acids is 1. The summed E-state index contributed by atoms with van der Waals surface area (Å²) >= 11 is 0. The molecule has 2 aliphatic rings. The molecule has 0 saturated heterocycles. The molecule has 3 atom stereocenters. The molecule has 2 aliphatic carbocycles. The minimum atomic E-state index is -0.244. The maximum atomic E-state index is 15.1. The molecular weight excluding hydrogens is 503 g/mol. The smallest absolute Gasteiger partial charge is 0.309 e. The first kappa shape index (κ1) is 28.2. The fraction of sp³-hybridized carbons (Fsp3) is 0.457. The number of aryl methyl sites for hydroxylation is 1. The third-order valence-corrected chi connectivity index (χ3v) is 9.29. The van der Waals surface area contributed by atoms with Gasteiger partial charge in [-0.3, -0.25) is 4.79 Å². The summed E-state index contributed by atoms with van der Waals surface area (Å²) in [4.78, 5) is 12.4. The van der Waals surface area contributed by atoms with Gasteiger partial charge in [-0.05, 0) is 108 Å². The quantitative estimate of drug-likeness (QED) is 0.253. The maximum Gasteiger partial charge on any atom is 0.309 e. The van der Waals surface area contributed by atoms with Crippen LogP contribution in [0, 0.1) is 17.2 Å². The van der Waals surface area contributed by atoms with Gasteiger partial charge in [-0.1, -0.05) is 51.5 Å². The van der Waals surface area contributed by atoms with Crippen molar-refractivity contribution in [2.75, 3.05) is 14.2 Å². The van der Waals surface area contributed by atoms with Crippen LogP contribution in [0.3, 0.4) is 0 Å². The van der Waals surface area contributed by atoms with Gasteiger partial charge >= 0.3 is 5.97 Å². The molecule has 3 aromatic carbocycles. The van der Waals surface area contributed by atoms with E-state index in [2.05, 4.69) is 32.0 Å². The highest BCUT2D eigenvalue weighted by Crippen LogP contribution is 2.51. The topological polar surface area (TPSA) is 44.8 Å². The third kappa shape index (κ3) is 5.48. The second-order valence-corrected chi connectivity index (χ2v) is 12.0. The van der Waals surface area contributed by atoms with E-state index in [9.17, 15) is 4.79 Å². The second kappa shape index (κ2) is 11.6. The minimum absolute atomic E-state index is 0.133. The Morgan fingerprint density at radius 2 is 1.77 bits per heavy atom. The maximum absolute atomic E-state index is 15.1. The Morgan fingerprint density at radius 3 is 2.48 bits per heavy atom. The van der Waals surface area contributed by atoms with E-state index in [1.54, 1.807) is 19.2 Å². The Labute approximate surface area is 237 Å². The molecule has 1 fully saturated rings. The van der Waals surface area contributed by atoms with Crippen LogP contribution < -0.4 is 9.47 Å². The van der Waals surface area contributed by atoms with Gasteiger partial charge in [-0.2, -0.15) is 0 Å². The number of halogens is 1. The average molecular weight is 545 g/mol. The van der Waals surface area contributed by atoms with Gasteiger partial charge in [-0.25, -0.2) is 4.39 Å². The SMILES string of the molecule is CC[C@H](C(=O)OC)C1CCc2ccc(OCc3ccc(-c4cc(OC)ccc4F)c(C4CCCC4(C)C)c3)cc21. The van der Waals surface area contributed by atoms with Crippen molar-refractivity contribution in [3.8, 4) is 22.6 Å². The predicted molar refractivity (Wildman–Crippen MR) is 156 cm³/mol. The molecule has 0 bridgehead atoms. The Bertz CT molecular complexity index is 1380. The molecule has 0 N–H and O–H groups in total. The summed E-state index contributed by atoms with van der Waals surface area (Å²) < 4.78 is 32.0. The van der Waals surface area contributed by atoms with Crippen LogP contribution in [-0.2, 0) is 22.6 Å². The highest BCUT2D eigenvalue weighted by Gasteiger charge is 2.37. The lowest BCUT2D eigenvalue weighted by molar-refractivity contribution is -0.146. The number of fused-ring (bicyclic) bond motifs is 1. The van der Waals surface area contributed by atoms with Crippen LogP contribution in [-0.4, -0.2) is 20.2 Å². The molecule has 0 amide bonds. The molecule has 0 heterocycles. The van der Waals surface area contributed by atoms with E-state index in [0.29, 0.717) is 23.8 Å². The molecule has 0 aliphatic heterocycles. The number of hydrogen-bond acceptors (Lipinski definition) is 4. The number of rotatable bonds is 9. The lowest BCUT2D eigenvalue weighted by Crippen LogP contribution is -2.21. The number of benzene rings is 3. The van der Waals surface area contributed by atoms with Gasteiger partial charge in [0.25, 0.3) is 0 Å². The molecule has 212 valence electrons. The predicted octanol–water partition coefficient (Wildman–Crippen LogP) is 8.60. The number of esters is 1. The summed E-state index contributed by atoms with van der Waals surface area (Å²) in [6.07, 6.45) is 6.08. The number of hydrogen-bond donors (Lipinski definition) is 0. The first-order valence-electron chi connectivity index (χ1n) is 14.6. The second-order valence-electron chi connectivity index (χ2n) is 12.0. The molecule has 3 aromatic rings. The van der Waals surface area contributed by atoms with E-state index in [1.807, 2.05) is 25.1 Å². The molecule has 0 spiro atoms. The first-order valence-corrected chi connectivity index (χ1v) is 14.6. The Balaban J connectivity index is 1.43. The average Bonchev–Trinajstić information content (AvgIpc) is 3.54. The summed E-state index contributed by atoms with van der Waals surface area (Å²) in [5.41, 5.74) is 6.35. The van der Waals surface area contributed by atoms with E-state index < -0.39 is 0 Å². The lowest BCUT2D eigenvalue weighted by Gasteiger charge is -2.30. The summed E-state index contributed by atoms with van der Waals surface area (Å²) in [6.45, 7) is 7.10. The highest BCUT2D eigenvalue weighted by atomic mass is 19.1. The van der Waals surface area contributed by atoms with Gasteiger partial charge in [0.2, 0.25) is 0 Å². The zero-order chi connectivity index (χ0) is 28.4. The zero-order valence-electron chi connectivity index (χ0n) is 24.4. The van der Waals surface area contributed by atoms with E-state index in [1.165, 1.54) is 36.3 Å². The Hall–Kier alpha value is -3.34. The van der Waals surface area contributed by atoms with Gasteiger partial charge in [0.05, 0.1) is 20.1 Å². The van der Waals surface area contributed by atoms with Crippen LogP contribution in [0.5, 0.6) is 11.5 Å². The van der Waals surface area contributed by atoms with Crippen LogP contribution >= 0.6 is 0 Å². The standard InChI is InChI=1S/C35H41FO4/c1-6-26(34(37)39-5)27-15-11-23-10-12-25(20-29(23)27)40-21-22-9-14-28(31-19-24(38-4)13-16-33(31)36)30(18-22)32-8-7-17-35(32,2)3/h9-10,12-14,16,18-20,26-27,32H,6-8,11,15,17,21H2,1-5H3/t26-,27?,32?/m0/s1. The fourth-order valence-electron chi connectivity index (χ4n) is 7.03. The summed E-state index contributed by atoms with van der Waals surface area (Å²) in [5, 5.41) is 0. The molecule has 5 heteroatoms. The van der Waals surface area contributed by atoms with Gasteiger partial charge in [0, 0.05) is 5.56 Å². The Morgan fingerprint density at radius 1 is 0.975 bits per heavy atom. The number of ether oxygens (including phenoxy) is 3. The van der Waals surface area contributed by atoms with E-state index in [0.717, 1.165) is 49.0 Å². The van der Waals surface area contributed by atoms with Crippen molar-refractivity contribution in [1.29, 1.82) is 0 Å². The number of carbonyl (C=O) groups is 1. The monoisotopic (exact) mass is 544 g/mol. The van der Waals surface area contributed by atoms with Gasteiger partial charge in [0.1, 0.15) is 23.9 Å². The van der Waals surface area contributed by atoms with Crippen LogP contribution in [0.2, 0.25) is 0 Å². The molecule has 0 radical (unpaired) electrons. The van der Waals surface area contributed by atoms with Crippen molar-refractivity contribution in [1.82, 2.24) is 0 Å². The van der Waals surface area contributed by atoms with Crippen molar-refractivity contribution >= 4 is 5.97 Å². The minimum Gasteiger partial charge on any atom is -0.497 e. The molecule has 4 nitrogen and oxygen atoms in total. The molecule has 1 saturated carbocycles. The van der Waals surface area contributed by atoms with Crippen LogP contribution in [0.4, 0.5) is 4.39 Å². The summed E-state index contributed by atoms with van der Waals surface area (Å²) in [5.74, 6) is 1.42. The fourth-order valence-corrected chi connectivity index (χ4v) is 7.03. The van der Waals surface area contributed by atoms with Crippen LogP contribution in [0.1, 0.15) is 87.0 Å². The normalized spacial score (nSPS) is 20.1. The van der Waals surface area contributed by atoms with Gasteiger partial charge < -0.3 is 14.2 Å². The van der Waals surface area contributed by atoms with Crippen molar-refractivity contribution in [2.24, 2.45) is 11.3 Å². The number of methoxy groups -OCH3 is 2. The molecule has 40 heavy (non-hydrogen) atoms. The summed E-state index contributed by atoms with van der Waals surface area (Å²) in [7, 11) is 3.08. The van der Waals surface area contributed by atoms with Gasteiger partial charge in [0.15, 0.2) is 0 Å². The van der Waals surface area contributed by atoms with E-state index >= 15 is 4.39 Å². The van der Waals surface area contributed by atoms with Crippen LogP contribution in [0.15, 0.2) is 54.6 Å². The van der Waals surface area contributed by atoms with Crippen LogP contribution in [0.25, 0.3) is 11.1 Å². The molecule has 5 rings (SSSR count). The first-order chi connectivity index (χ1) is 19.2. The summed E-state index contributed by atoms with van der Waals surface area (Å²) in [6, 6.07) is 17.5. The van der Waals surface area contributed by atoms with Crippen molar-refractivity contribution in [3.63, 3.8) is 0 Å². The molecule has 0 aromatic heterocycles. The van der Waals surface area contributed by atoms with Gasteiger partial charge in [-0.15, -0.1) is 0 Å².